The summed E-state index contributed by atoms with van der Waals surface area (Å²) >= 11 is 0. The molecular formula is C28H20F2N4O4. The molecule has 0 radical (unpaired) electrons. The average molecular weight is 514 g/mol. The number of Topliss-reactive ketones (excluding diaryl/α,β-unsaturated/α-hetero) is 1. The van der Waals surface area contributed by atoms with Gasteiger partial charge in [-0.05, 0) is 55.0 Å². The van der Waals surface area contributed by atoms with Gasteiger partial charge in [-0.3, -0.25) is 19.1 Å². The van der Waals surface area contributed by atoms with E-state index in [1.54, 1.807) is 19.1 Å². The Labute approximate surface area is 215 Å². The fourth-order valence-electron chi connectivity index (χ4n) is 3.97. The predicted octanol–water partition coefficient (Wildman–Crippen LogP) is 4.99. The van der Waals surface area contributed by atoms with Gasteiger partial charge in [0.15, 0.2) is 23.0 Å². The van der Waals surface area contributed by atoms with E-state index in [1.807, 2.05) is 0 Å². The number of hydrogen-bond donors (Lipinski definition) is 0. The van der Waals surface area contributed by atoms with Gasteiger partial charge in [0, 0.05) is 41.6 Å². The zero-order chi connectivity index (χ0) is 26.8. The molecule has 10 heteroatoms. The monoisotopic (exact) mass is 514 g/mol. The summed E-state index contributed by atoms with van der Waals surface area (Å²) in [6.07, 6.45) is 4.17. The highest BCUT2D eigenvalue weighted by Gasteiger charge is 2.18. The first-order valence-corrected chi connectivity index (χ1v) is 11.5. The number of aryl methyl sites for hydroxylation is 1. The Morgan fingerprint density at radius 1 is 0.947 bits per heavy atom. The van der Waals surface area contributed by atoms with E-state index in [9.17, 15) is 18.4 Å². The third-order valence-corrected chi connectivity index (χ3v) is 5.84. The second-order valence-electron chi connectivity index (χ2n) is 8.38. The van der Waals surface area contributed by atoms with E-state index in [4.69, 9.17) is 9.47 Å². The number of pyridine rings is 2. The Hall–Kier alpha value is -4.99. The van der Waals surface area contributed by atoms with Crippen molar-refractivity contribution in [2.75, 3.05) is 7.11 Å². The lowest BCUT2D eigenvalue weighted by molar-refractivity contribution is 0.0986. The van der Waals surface area contributed by atoms with Crippen molar-refractivity contribution in [3.63, 3.8) is 0 Å². The van der Waals surface area contributed by atoms with Gasteiger partial charge >= 0.3 is 0 Å². The Kier molecular flexibility index (Phi) is 6.61. The first-order chi connectivity index (χ1) is 18.3. The topological polar surface area (TPSA) is 96.2 Å². The highest BCUT2D eigenvalue weighted by molar-refractivity contribution is 5.95. The molecule has 190 valence electrons. The van der Waals surface area contributed by atoms with Crippen LogP contribution in [0, 0.1) is 18.6 Å². The normalized spacial score (nSPS) is 10.9. The van der Waals surface area contributed by atoms with E-state index < -0.39 is 23.0 Å². The van der Waals surface area contributed by atoms with E-state index in [1.165, 1.54) is 72.7 Å². The van der Waals surface area contributed by atoms with Gasteiger partial charge in [0.25, 0.3) is 5.56 Å². The quantitative estimate of drug-likeness (QED) is 0.282. The highest BCUT2D eigenvalue weighted by Crippen LogP contribution is 2.32. The third-order valence-electron chi connectivity index (χ3n) is 5.84. The van der Waals surface area contributed by atoms with Crippen LogP contribution < -0.4 is 15.0 Å². The van der Waals surface area contributed by atoms with Gasteiger partial charge in [0.1, 0.15) is 11.6 Å². The van der Waals surface area contributed by atoms with Crippen molar-refractivity contribution in [1.29, 1.82) is 0 Å². The molecule has 0 aliphatic rings. The molecule has 5 rings (SSSR count). The van der Waals surface area contributed by atoms with Crippen molar-refractivity contribution in [2.45, 2.75) is 13.3 Å². The predicted molar refractivity (Wildman–Crippen MR) is 135 cm³/mol. The minimum atomic E-state index is -0.693. The maximum Gasteiger partial charge on any atom is 0.284 e. The van der Waals surface area contributed by atoms with Crippen LogP contribution in [0.25, 0.3) is 16.6 Å². The summed E-state index contributed by atoms with van der Waals surface area (Å²) in [7, 11) is 1.48. The number of halogens is 2. The molecule has 3 aromatic heterocycles. The molecule has 38 heavy (non-hydrogen) atoms. The average Bonchev–Trinajstić information content (AvgIpc) is 2.91. The van der Waals surface area contributed by atoms with Crippen LogP contribution in [0.2, 0.25) is 0 Å². The fraction of sp³-hybridized carbons (Fsp3) is 0.107. The molecule has 0 amide bonds. The standard InChI is InChI=1S/C28H20F2N4O4/c1-16-14-33-27(28(36)34(16)19-6-4-18(29)5-7-19)23(35)12-17-3-8-25(21(30)11-17)38-24-9-10-31-22-15-32-26(37-2)13-20(22)24/h3-11,13-15H,12H2,1-2H3. The van der Waals surface area contributed by atoms with Crippen molar-refractivity contribution in [2.24, 2.45) is 0 Å². The van der Waals surface area contributed by atoms with E-state index in [0.29, 0.717) is 39.5 Å². The summed E-state index contributed by atoms with van der Waals surface area (Å²) in [5, 5.41) is 0.584. The molecule has 0 spiro atoms. The van der Waals surface area contributed by atoms with Crippen LogP contribution in [-0.2, 0) is 6.42 Å². The lowest BCUT2D eigenvalue weighted by Crippen LogP contribution is -2.29. The maximum atomic E-state index is 15.0. The molecule has 3 heterocycles. The Bertz CT molecular complexity index is 1740. The molecule has 5 aromatic rings. The Balaban J connectivity index is 1.39. The highest BCUT2D eigenvalue weighted by atomic mass is 19.1. The smallest absolute Gasteiger partial charge is 0.284 e. The fourth-order valence-corrected chi connectivity index (χ4v) is 3.97. The zero-order valence-electron chi connectivity index (χ0n) is 20.3. The molecule has 0 fully saturated rings. The molecule has 0 bridgehead atoms. The maximum absolute atomic E-state index is 15.0. The van der Waals surface area contributed by atoms with Crippen molar-refractivity contribution in [3.05, 3.63) is 112 Å². The largest absolute Gasteiger partial charge is 0.481 e. The second kappa shape index (κ2) is 10.2. The number of carbonyl (C=O) groups excluding carboxylic acids is 1. The van der Waals surface area contributed by atoms with Gasteiger partial charge in [-0.2, -0.15) is 0 Å². The van der Waals surface area contributed by atoms with Gasteiger partial charge in [0.05, 0.1) is 18.8 Å². The Morgan fingerprint density at radius 2 is 1.74 bits per heavy atom. The number of rotatable bonds is 7. The lowest BCUT2D eigenvalue weighted by atomic mass is 10.1. The summed E-state index contributed by atoms with van der Waals surface area (Å²) in [4.78, 5) is 38.4. The summed E-state index contributed by atoms with van der Waals surface area (Å²) < 4.78 is 40.5. The summed E-state index contributed by atoms with van der Waals surface area (Å²) in [5.74, 6) is -1.08. The van der Waals surface area contributed by atoms with Crippen LogP contribution in [0.5, 0.6) is 17.4 Å². The second-order valence-corrected chi connectivity index (χ2v) is 8.38. The Morgan fingerprint density at radius 3 is 2.47 bits per heavy atom. The molecule has 0 aliphatic carbocycles. The van der Waals surface area contributed by atoms with E-state index in [-0.39, 0.29) is 17.9 Å². The van der Waals surface area contributed by atoms with Crippen LogP contribution in [0.3, 0.4) is 0 Å². The van der Waals surface area contributed by atoms with Crippen LogP contribution in [0.15, 0.2) is 78.0 Å². The first kappa shape index (κ1) is 24.7. The van der Waals surface area contributed by atoms with Crippen molar-refractivity contribution >= 4 is 16.7 Å². The summed E-state index contributed by atoms with van der Waals surface area (Å²) in [5.41, 5.74) is 0.809. The molecule has 0 saturated heterocycles. The number of nitrogens with zero attached hydrogens (tertiary/aromatic N) is 4. The van der Waals surface area contributed by atoms with Crippen molar-refractivity contribution in [3.8, 4) is 23.1 Å². The number of methoxy groups -OCH3 is 1. The number of hydrogen-bond acceptors (Lipinski definition) is 7. The summed E-state index contributed by atoms with van der Waals surface area (Å²) in [6.45, 7) is 1.65. The SMILES string of the molecule is COc1cc2c(Oc3ccc(CC(=O)c4ncc(C)n(-c5ccc(F)cc5)c4=O)cc3F)ccnc2cn1. The van der Waals surface area contributed by atoms with Gasteiger partial charge < -0.3 is 9.47 Å². The minimum Gasteiger partial charge on any atom is -0.481 e. The van der Waals surface area contributed by atoms with Gasteiger partial charge in [-0.25, -0.2) is 18.7 Å². The molecule has 2 aromatic carbocycles. The van der Waals surface area contributed by atoms with Crippen LogP contribution in [0.1, 0.15) is 21.7 Å². The number of ketones is 1. The van der Waals surface area contributed by atoms with Crippen LogP contribution in [0.4, 0.5) is 8.78 Å². The lowest BCUT2D eigenvalue weighted by Gasteiger charge is -2.12. The molecule has 0 N–H and O–H groups in total. The number of aromatic nitrogens is 4. The third kappa shape index (κ3) is 4.83. The number of fused-ring (bicyclic) bond motifs is 1. The molecule has 0 saturated carbocycles. The molecular weight excluding hydrogens is 494 g/mol. The van der Waals surface area contributed by atoms with Crippen LogP contribution >= 0.6 is 0 Å². The van der Waals surface area contributed by atoms with Gasteiger partial charge in [-0.1, -0.05) is 6.07 Å². The van der Waals surface area contributed by atoms with Gasteiger partial charge in [-0.15, -0.1) is 0 Å². The number of ether oxygens (including phenoxy) is 2. The molecule has 0 unspecified atom stereocenters. The molecule has 0 aliphatic heterocycles. The summed E-state index contributed by atoms with van der Waals surface area (Å²) in [6, 6.07) is 12.6. The van der Waals surface area contributed by atoms with E-state index in [2.05, 4.69) is 15.0 Å². The molecule has 0 atom stereocenters. The zero-order valence-corrected chi connectivity index (χ0v) is 20.3. The van der Waals surface area contributed by atoms with Crippen LogP contribution in [-0.4, -0.2) is 32.4 Å². The van der Waals surface area contributed by atoms with Crippen molar-refractivity contribution in [1.82, 2.24) is 19.5 Å². The van der Waals surface area contributed by atoms with E-state index in [0.717, 1.165) is 0 Å². The van der Waals surface area contributed by atoms with Gasteiger partial charge in [0.2, 0.25) is 5.88 Å². The van der Waals surface area contributed by atoms with E-state index >= 15 is 0 Å². The molecule has 8 nitrogen and oxygen atoms in total. The van der Waals surface area contributed by atoms with Crippen molar-refractivity contribution < 1.29 is 23.0 Å². The number of carbonyl (C=O) groups is 1. The number of benzene rings is 2. The minimum absolute atomic E-state index is 0.0587. The first-order valence-electron chi connectivity index (χ1n) is 11.5.